The molecule has 0 amide bonds. The lowest BCUT2D eigenvalue weighted by Gasteiger charge is -2.04. The van der Waals surface area contributed by atoms with Crippen LogP contribution in [0.2, 0.25) is 0 Å². The van der Waals surface area contributed by atoms with Crippen molar-refractivity contribution in [3.05, 3.63) is 54.4 Å². The van der Waals surface area contributed by atoms with Gasteiger partial charge in [-0.15, -0.1) is 0 Å². The van der Waals surface area contributed by atoms with E-state index in [1.807, 2.05) is 0 Å². The summed E-state index contributed by atoms with van der Waals surface area (Å²) in [7, 11) is 0. The molecule has 0 fully saturated rings. The van der Waals surface area contributed by atoms with E-state index in [-0.39, 0.29) is 0 Å². The molecule has 0 heterocycles. The van der Waals surface area contributed by atoms with Gasteiger partial charge in [0.25, 0.3) is 0 Å². The van der Waals surface area contributed by atoms with E-state index in [1.54, 1.807) is 0 Å². The van der Waals surface area contributed by atoms with Crippen molar-refractivity contribution in [2.75, 3.05) is 0 Å². The molecule has 2 aromatic rings. The molecular weight excluding hydrogens is 168 g/mol. The van der Waals surface area contributed by atoms with Crippen LogP contribution in [0.15, 0.2) is 42.5 Å². The minimum atomic E-state index is 1.08. The van der Waals surface area contributed by atoms with Gasteiger partial charge in [0.1, 0.15) is 0 Å². The largest absolute Gasteiger partial charge is 0.0651 e. The number of fused-ring (bicyclic) bond motifs is 1. The van der Waals surface area contributed by atoms with E-state index in [1.165, 1.54) is 16.3 Å². The predicted octanol–water partition coefficient (Wildman–Crippen LogP) is 4.00. The SMILES string of the molecule is CC[CH]Cc1cccc2ccccc12. The zero-order valence-electron chi connectivity index (χ0n) is 8.53. The first kappa shape index (κ1) is 9.26. The van der Waals surface area contributed by atoms with E-state index in [2.05, 4.69) is 55.8 Å². The molecule has 0 saturated carbocycles. The molecule has 0 saturated heterocycles. The van der Waals surface area contributed by atoms with E-state index in [0.717, 1.165) is 12.8 Å². The van der Waals surface area contributed by atoms with E-state index in [9.17, 15) is 0 Å². The van der Waals surface area contributed by atoms with Crippen LogP contribution in [0.5, 0.6) is 0 Å². The molecule has 2 rings (SSSR count). The molecule has 0 spiro atoms. The Morgan fingerprint density at radius 2 is 1.79 bits per heavy atom. The Balaban J connectivity index is 2.43. The van der Waals surface area contributed by atoms with Crippen molar-refractivity contribution in [3.63, 3.8) is 0 Å². The number of hydrogen-bond acceptors (Lipinski definition) is 0. The molecule has 0 aliphatic rings. The Morgan fingerprint density at radius 3 is 2.64 bits per heavy atom. The molecule has 0 aliphatic carbocycles. The van der Waals surface area contributed by atoms with Gasteiger partial charge in [-0.1, -0.05) is 55.8 Å². The van der Waals surface area contributed by atoms with Crippen LogP contribution in [0.25, 0.3) is 10.8 Å². The first-order chi connectivity index (χ1) is 6.92. The number of benzene rings is 2. The van der Waals surface area contributed by atoms with Crippen LogP contribution in [-0.2, 0) is 6.42 Å². The second kappa shape index (κ2) is 4.28. The highest BCUT2D eigenvalue weighted by molar-refractivity contribution is 5.85. The molecular formula is C14H15. The Hall–Kier alpha value is -1.30. The Kier molecular flexibility index (Phi) is 2.83. The molecule has 0 aliphatic heterocycles. The van der Waals surface area contributed by atoms with Gasteiger partial charge in [0.15, 0.2) is 0 Å². The van der Waals surface area contributed by atoms with Gasteiger partial charge in [0, 0.05) is 0 Å². The van der Waals surface area contributed by atoms with E-state index >= 15 is 0 Å². The van der Waals surface area contributed by atoms with Gasteiger partial charge in [-0.2, -0.15) is 0 Å². The molecule has 0 N–H and O–H groups in total. The molecule has 2 aromatic carbocycles. The average molecular weight is 183 g/mol. The van der Waals surface area contributed by atoms with Gasteiger partial charge in [0.2, 0.25) is 0 Å². The number of hydrogen-bond donors (Lipinski definition) is 0. The quantitative estimate of drug-likeness (QED) is 0.674. The van der Waals surface area contributed by atoms with Crippen molar-refractivity contribution in [2.24, 2.45) is 0 Å². The highest BCUT2D eigenvalue weighted by atomic mass is 14.0. The van der Waals surface area contributed by atoms with Crippen LogP contribution in [0.3, 0.4) is 0 Å². The minimum Gasteiger partial charge on any atom is -0.0651 e. The van der Waals surface area contributed by atoms with Gasteiger partial charge in [-0.25, -0.2) is 0 Å². The lowest BCUT2D eigenvalue weighted by molar-refractivity contribution is 1.00. The fourth-order valence-electron chi connectivity index (χ4n) is 1.77. The van der Waals surface area contributed by atoms with Crippen molar-refractivity contribution in [3.8, 4) is 0 Å². The third kappa shape index (κ3) is 1.79. The summed E-state index contributed by atoms with van der Waals surface area (Å²) < 4.78 is 0. The van der Waals surface area contributed by atoms with Crippen LogP contribution in [0.4, 0.5) is 0 Å². The molecule has 0 aromatic heterocycles. The van der Waals surface area contributed by atoms with Gasteiger partial charge >= 0.3 is 0 Å². The van der Waals surface area contributed by atoms with E-state index < -0.39 is 0 Å². The van der Waals surface area contributed by atoms with Gasteiger partial charge in [-0.3, -0.25) is 0 Å². The summed E-state index contributed by atoms with van der Waals surface area (Å²) in [6, 6.07) is 15.1. The molecule has 1 radical (unpaired) electrons. The van der Waals surface area contributed by atoms with Gasteiger partial charge in [-0.05, 0) is 29.2 Å². The molecule has 71 valence electrons. The molecule has 0 atom stereocenters. The second-order valence-corrected chi connectivity index (χ2v) is 3.54. The topological polar surface area (TPSA) is 0 Å². The minimum absolute atomic E-state index is 1.08. The third-order valence-corrected chi connectivity index (χ3v) is 2.53. The summed E-state index contributed by atoms with van der Waals surface area (Å²) in [6.07, 6.45) is 4.54. The zero-order valence-corrected chi connectivity index (χ0v) is 8.53. The number of unbranched alkanes of at least 4 members (excludes halogenated alkanes) is 1. The van der Waals surface area contributed by atoms with Gasteiger partial charge in [0.05, 0.1) is 0 Å². The predicted molar refractivity (Wildman–Crippen MR) is 62.2 cm³/mol. The van der Waals surface area contributed by atoms with Crippen molar-refractivity contribution < 1.29 is 0 Å². The van der Waals surface area contributed by atoms with Crippen LogP contribution in [0, 0.1) is 6.42 Å². The van der Waals surface area contributed by atoms with Crippen LogP contribution in [-0.4, -0.2) is 0 Å². The van der Waals surface area contributed by atoms with Crippen molar-refractivity contribution >= 4 is 10.8 Å². The van der Waals surface area contributed by atoms with Crippen LogP contribution < -0.4 is 0 Å². The lowest BCUT2D eigenvalue weighted by Crippen LogP contribution is -1.87. The summed E-state index contributed by atoms with van der Waals surface area (Å²) in [5.41, 5.74) is 1.44. The normalized spacial score (nSPS) is 10.6. The monoisotopic (exact) mass is 183 g/mol. The van der Waals surface area contributed by atoms with Crippen molar-refractivity contribution in [2.45, 2.75) is 19.8 Å². The Bertz CT molecular complexity index is 410. The van der Waals surface area contributed by atoms with Gasteiger partial charge < -0.3 is 0 Å². The summed E-state index contributed by atoms with van der Waals surface area (Å²) in [4.78, 5) is 0. The smallest absolute Gasteiger partial charge is 0.0152 e. The third-order valence-electron chi connectivity index (χ3n) is 2.53. The summed E-state index contributed by atoms with van der Waals surface area (Å²) in [5, 5.41) is 2.73. The second-order valence-electron chi connectivity index (χ2n) is 3.54. The summed E-state index contributed by atoms with van der Waals surface area (Å²) >= 11 is 0. The van der Waals surface area contributed by atoms with E-state index in [0.29, 0.717) is 0 Å². The lowest BCUT2D eigenvalue weighted by atomic mass is 10.0. The zero-order chi connectivity index (χ0) is 9.80. The Labute approximate surface area is 85.6 Å². The molecule has 0 heteroatoms. The fraction of sp³-hybridized carbons (Fsp3) is 0.214. The average Bonchev–Trinajstić information content (AvgIpc) is 2.26. The molecule has 0 unspecified atom stereocenters. The molecule has 0 nitrogen and oxygen atoms in total. The van der Waals surface area contributed by atoms with Crippen molar-refractivity contribution in [1.29, 1.82) is 0 Å². The maximum atomic E-state index is 2.32. The first-order valence-electron chi connectivity index (χ1n) is 5.20. The summed E-state index contributed by atoms with van der Waals surface area (Å²) in [5.74, 6) is 0. The van der Waals surface area contributed by atoms with E-state index in [4.69, 9.17) is 0 Å². The highest BCUT2D eigenvalue weighted by Gasteiger charge is 1.98. The number of rotatable bonds is 3. The Morgan fingerprint density at radius 1 is 1.00 bits per heavy atom. The molecule has 14 heavy (non-hydrogen) atoms. The highest BCUT2D eigenvalue weighted by Crippen LogP contribution is 2.19. The van der Waals surface area contributed by atoms with Crippen molar-refractivity contribution in [1.82, 2.24) is 0 Å². The first-order valence-corrected chi connectivity index (χ1v) is 5.20. The van der Waals surface area contributed by atoms with Crippen LogP contribution >= 0.6 is 0 Å². The summed E-state index contributed by atoms with van der Waals surface area (Å²) in [6.45, 7) is 2.19. The molecule has 0 bridgehead atoms. The fourth-order valence-corrected chi connectivity index (χ4v) is 1.77. The van der Waals surface area contributed by atoms with Crippen LogP contribution in [0.1, 0.15) is 18.9 Å². The maximum absolute atomic E-state index is 2.32. The standard InChI is InChI=1S/C14H15/c1-2-3-7-12-9-6-10-13-8-4-5-11-14(12)13/h3-6,8-11H,2,7H2,1H3. The maximum Gasteiger partial charge on any atom is -0.0152 e.